The van der Waals surface area contributed by atoms with E-state index >= 15 is 0 Å². The van der Waals surface area contributed by atoms with Gasteiger partial charge >= 0.3 is 5.97 Å². The molecule has 6 atom stereocenters. The molecule has 0 N–H and O–H groups in total. The third kappa shape index (κ3) is 3.33. The predicted molar refractivity (Wildman–Crippen MR) is 93.9 cm³/mol. The van der Waals surface area contributed by atoms with Crippen LogP contribution in [0.5, 0.6) is 0 Å². The van der Waals surface area contributed by atoms with E-state index in [0.29, 0.717) is 5.41 Å². The van der Waals surface area contributed by atoms with Gasteiger partial charge in [0.05, 0.1) is 0 Å². The van der Waals surface area contributed by atoms with Crippen molar-refractivity contribution in [1.82, 2.24) is 0 Å². The lowest BCUT2D eigenvalue weighted by Crippen LogP contribution is -2.34. The summed E-state index contributed by atoms with van der Waals surface area (Å²) in [6, 6.07) is 0. The molecule has 0 aromatic carbocycles. The third-order valence-electron chi connectivity index (χ3n) is 7.16. The summed E-state index contributed by atoms with van der Waals surface area (Å²) in [5, 5.41) is 0. The molecule has 0 aromatic rings. The highest BCUT2D eigenvalue weighted by molar-refractivity contribution is 5.66. The van der Waals surface area contributed by atoms with Crippen molar-refractivity contribution in [3.05, 3.63) is 0 Å². The van der Waals surface area contributed by atoms with Crippen LogP contribution in [-0.4, -0.2) is 11.6 Å². The van der Waals surface area contributed by atoms with E-state index in [0.717, 1.165) is 41.9 Å². The molecule has 2 nitrogen and oxygen atoms in total. The van der Waals surface area contributed by atoms with E-state index in [1.54, 1.807) is 0 Å². The fourth-order valence-electron chi connectivity index (χ4n) is 6.31. The highest BCUT2D eigenvalue weighted by atomic mass is 16.6. The molecule has 2 heteroatoms. The summed E-state index contributed by atoms with van der Waals surface area (Å²) < 4.78 is 5.60. The summed E-state index contributed by atoms with van der Waals surface area (Å²) in [5.41, 5.74) is 0.224. The van der Waals surface area contributed by atoms with Crippen LogP contribution in [-0.2, 0) is 9.53 Å². The maximum Gasteiger partial charge on any atom is 0.303 e. The molecule has 3 saturated carbocycles. The van der Waals surface area contributed by atoms with Gasteiger partial charge < -0.3 is 4.74 Å². The normalized spacial score (nSPS) is 42.3. The van der Waals surface area contributed by atoms with Crippen molar-refractivity contribution in [3.8, 4) is 0 Å². The van der Waals surface area contributed by atoms with Crippen molar-refractivity contribution in [2.24, 2.45) is 40.9 Å². The Labute approximate surface area is 142 Å². The van der Waals surface area contributed by atoms with Crippen molar-refractivity contribution < 1.29 is 9.53 Å². The summed E-state index contributed by atoms with van der Waals surface area (Å²) >= 11 is 0. The van der Waals surface area contributed by atoms with Gasteiger partial charge in [-0.2, -0.15) is 0 Å². The minimum absolute atomic E-state index is 0.140. The molecule has 132 valence electrons. The Morgan fingerprint density at radius 3 is 2.61 bits per heavy atom. The Morgan fingerprint density at radius 2 is 2.00 bits per heavy atom. The lowest BCUT2D eigenvalue weighted by molar-refractivity contribution is -0.156. The smallest absolute Gasteiger partial charge is 0.303 e. The van der Waals surface area contributed by atoms with E-state index in [1.807, 2.05) is 0 Å². The molecule has 0 aromatic heterocycles. The average Bonchev–Trinajstić information content (AvgIpc) is 3.23. The van der Waals surface area contributed by atoms with Gasteiger partial charge in [0.1, 0.15) is 5.60 Å². The van der Waals surface area contributed by atoms with Crippen LogP contribution in [0.1, 0.15) is 80.1 Å². The van der Waals surface area contributed by atoms with Crippen molar-refractivity contribution in [1.29, 1.82) is 0 Å². The van der Waals surface area contributed by atoms with Gasteiger partial charge in [0, 0.05) is 6.92 Å². The molecule has 0 radical (unpaired) electrons. The van der Waals surface area contributed by atoms with Crippen LogP contribution in [0.2, 0.25) is 0 Å². The van der Waals surface area contributed by atoms with E-state index < -0.39 is 0 Å². The van der Waals surface area contributed by atoms with Gasteiger partial charge in [0.2, 0.25) is 0 Å². The van der Waals surface area contributed by atoms with Crippen LogP contribution >= 0.6 is 0 Å². The van der Waals surface area contributed by atoms with E-state index in [1.165, 1.54) is 39.0 Å². The molecular weight excluding hydrogens is 284 g/mol. The molecule has 0 spiro atoms. The van der Waals surface area contributed by atoms with Crippen molar-refractivity contribution in [3.63, 3.8) is 0 Å². The first kappa shape index (κ1) is 17.3. The molecule has 23 heavy (non-hydrogen) atoms. The molecule has 5 unspecified atom stereocenters. The van der Waals surface area contributed by atoms with Gasteiger partial charge in [-0.05, 0) is 86.9 Å². The second kappa shape index (κ2) is 5.77. The SMILES string of the molecule is CC(=O)OC(C)(C)CC1CCCC2C(C3C[C@@H]3CC(C)C)C12C. The summed E-state index contributed by atoms with van der Waals surface area (Å²) in [6.45, 7) is 13.0. The van der Waals surface area contributed by atoms with Gasteiger partial charge in [-0.1, -0.05) is 27.2 Å². The molecule has 0 amide bonds. The lowest BCUT2D eigenvalue weighted by Gasteiger charge is -2.36. The molecular formula is C21H36O2. The molecule has 0 aliphatic heterocycles. The highest BCUT2D eigenvalue weighted by Crippen LogP contribution is 2.76. The zero-order valence-corrected chi connectivity index (χ0v) is 16.0. The van der Waals surface area contributed by atoms with E-state index in [2.05, 4.69) is 34.6 Å². The quantitative estimate of drug-likeness (QED) is 0.608. The standard InChI is InChI=1S/C21H36O2/c1-13(2)10-15-11-17(15)19-18-9-7-8-16(21(18,19)6)12-20(4,5)23-14(3)22/h13,15-19H,7-12H2,1-6H3/t15-,16?,17?,18?,19?,21?/m0/s1. The first-order chi connectivity index (χ1) is 10.6. The van der Waals surface area contributed by atoms with E-state index in [-0.39, 0.29) is 11.6 Å². The van der Waals surface area contributed by atoms with Crippen molar-refractivity contribution >= 4 is 5.97 Å². The van der Waals surface area contributed by atoms with E-state index in [9.17, 15) is 4.79 Å². The summed E-state index contributed by atoms with van der Waals surface area (Å²) in [6.07, 6.45) is 8.09. The van der Waals surface area contributed by atoms with Crippen LogP contribution < -0.4 is 0 Å². The Hall–Kier alpha value is -0.530. The third-order valence-corrected chi connectivity index (χ3v) is 7.16. The molecule has 3 aliphatic rings. The molecule has 3 fully saturated rings. The van der Waals surface area contributed by atoms with Gasteiger partial charge in [-0.3, -0.25) is 4.79 Å². The predicted octanol–water partition coefficient (Wildman–Crippen LogP) is 5.45. The zero-order valence-electron chi connectivity index (χ0n) is 16.0. The van der Waals surface area contributed by atoms with Crippen LogP contribution in [0.3, 0.4) is 0 Å². The van der Waals surface area contributed by atoms with Gasteiger partial charge in [-0.15, -0.1) is 0 Å². The Morgan fingerprint density at radius 1 is 1.30 bits per heavy atom. The minimum atomic E-state index is -0.310. The topological polar surface area (TPSA) is 26.3 Å². The molecule has 3 rings (SSSR count). The Bertz CT molecular complexity index is 466. The summed E-state index contributed by atoms with van der Waals surface area (Å²) in [4.78, 5) is 11.4. The highest BCUT2D eigenvalue weighted by Gasteiger charge is 2.71. The Balaban J connectivity index is 1.64. The second-order valence-electron chi connectivity index (χ2n) is 9.97. The monoisotopic (exact) mass is 320 g/mol. The minimum Gasteiger partial charge on any atom is -0.460 e. The fourth-order valence-corrected chi connectivity index (χ4v) is 6.31. The van der Waals surface area contributed by atoms with Gasteiger partial charge in [0.25, 0.3) is 0 Å². The lowest BCUT2D eigenvalue weighted by atomic mass is 9.73. The van der Waals surface area contributed by atoms with E-state index in [4.69, 9.17) is 4.74 Å². The number of hydrogen-bond donors (Lipinski definition) is 0. The maximum absolute atomic E-state index is 11.4. The number of esters is 1. The van der Waals surface area contributed by atoms with Gasteiger partial charge in [0.15, 0.2) is 0 Å². The first-order valence-electron chi connectivity index (χ1n) is 9.84. The zero-order chi connectivity index (χ0) is 17.0. The van der Waals surface area contributed by atoms with Crippen LogP contribution in [0.15, 0.2) is 0 Å². The maximum atomic E-state index is 11.4. The fraction of sp³-hybridized carbons (Fsp3) is 0.952. The van der Waals surface area contributed by atoms with Crippen LogP contribution in [0.4, 0.5) is 0 Å². The number of carbonyl (C=O) groups is 1. The summed E-state index contributed by atoms with van der Waals surface area (Å²) in [5.74, 6) is 5.37. The second-order valence-corrected chi connectivity index (χ2v) is 9.97. The van der Waals surface area contributed by atoms with Crippen LogP contribution in [0, 0.1) is 40.9 Å². The van der Waals surface area contributed by atoms with Crippen molar-refractivity contribution in [2.45, 2.75) is 85.7 Å². The van der Waals surface area contributed by atoms with Gasteiger partial charge in [-0.25, -0.2) is 0 Å². The number of hydrogen-bond acceptors (Lipinski definition) is 2. The Kier molecular flexibility index (Phi) is 4.34. The number of ether oxygens (including phenoxy) is 1. The van der Waals surface area contributed by atoms with Crippen LogP contribution in [0.25, 0.3) is 0 Å². The van der Waals surface area contributed by atoms with Crippen molar-refractivity contribution in [2.75, 3.05) is 0 Å². The first-order valence-corrected chi connectivity index (χ1v) is 9.84. The number of rotatable bonds is 6. The average molecular weight is 321 g/mol. The largest absolute Gasteiger partial charge is 0.460 e. The number of fused-ring (bicyclic) bond motifs is 1. The molecule has 3 aliphatic carbocycles. The molecule has 0 heterocycles. The summed E-state index contributed by atoms with van der Waals surface area (Å²) in [7, 11) is 0. The molecule has 0 saturated heterocycles. The number of carbonyl (C=O) groups excluding carboxylic acids is 1. The molecule has 0 bridgehead atoms.